The van der Waals surface area contributed by atoms with Crippen LogP contribution in [0.1, 0.15) is 43.4 Å². The third-order valence-corrected chi connectivity index (χ3v) is 5.99. The average Bonchev–Trinajstić information content (AvgIpc) is 2.97. The lowest BCUT2D eigenvalue weighted by atomic mass is 9.85. The zero-order chi connectivity index (χ0) is 19.4. The molecule has 144 valence electrons. The molecule has 8 heteroatoms. The molecule has 0 amide bonds. The van der Waals surface area contributed by atoms with Gasteiger partial charge in [0.2, 0.25) is 0 Å². The number of aliphatic carboxylic acids is 1. The Kier molecular flexibility index (Phi) is 6.34. The zero-order valence-corrected chi connectivity index (χ0v) is 16.5. The van der Waals surface area contributed by atoms with Gasteiger partial charge in [0.15, 0.2) is 0 Å². The Bertz CT molecular complexity index is 852. The molecular formula is C19H21ClN2O4S. The molecule has 3 rings (SSSR count). The molecule has 6 nitrogen and oxygen atoms in total. The van der Waals surface area contributed by atoms with E-state index >= 15 is 0 Å². The highest BCUT2D eigenvalue weighted by Gasteiger charge is 2.25. The van der Waals surface area contributed by atoms with Crippen molar-refractivity contribution in [2.75, 3.05) is 0 Å². The highest BCUT2D eigenvalue weighted by molar-refractivity contribution is 7.19. The number of nitrogens with zero attached hydrogens (tertiary/aromatic N) is 2. The van der Waals surface area contributed by atoms with Crippen molar-refractivity contribution >= 4 is 35.1 Å². The molecule has 2 atom stereocenters. The number of pyridine rings is 1. The number of thiophene rings is 1. The second-order valence-corrected chi connectivity index (χ2v) is 8.41. The Hall–Kier alpha value is -2.12. The summed E-state index contributed by atoms with van der Waals surface area (Å²) in [5.74, 6) is 0.127. The van der Waals surface area contributed by atoms with Gasteiger partial charge in [0.1, 0.15) is 5.75 Å². The first kappa shape index (κ1) is 19.6. The topological polar surface area (TPSA) is 92.0 Å². The lowest BCUT2D eigenvalue weighted by Crippen LogP contribution is -2.27. The van der Waals surface area contributed by atoms with Gasteiger partial charge in [-0.15, -0.1) is 11.3 Å². The van der Waals surface area contributed by atoms with Crippen LogP contribution in [0.25, 0.3) is 10.6 Å². The summed E-state index contributed by atoms with van der Waals surface area (Å²) in [5.41, 5.74) is 2.19. The van der Waals surface area contributed by atoms with Crippen LogP contribution < -0.4 is 4.74 Å². The van der Waals surface area contributed by atoms with Crippen molar-refractivity contribution in [3.05, 3.63) is 33.8 Å². The highest BCUT2D eigenvalue weighted by atomic mass is 35.5. The Morgan fingerprint density at radius 1 is 1.48 bits per heavy atom. The fourth-order valence-corrected chi connectivity index (χ4v) is 4.67. The molecule has 1 saturated carbocycles. The van der Waals surface area contributed by atoms with Gasteiger partial charge in [-0.05, 0) is 56.7 Å². The normalized spacial score (nSPS) is 20.1. The lowest BCUT2D eigenvalue weighted by Gasteiger charge is -2.29. The molecule has 0 aromatic carbocycles. The van der Waals surface area contributed by atoms with Crippen LogP contribution in [0, 0.1) is 12.8 Å². The van der Waals surface area contributed by atoms with Gasteiger partial charge in [-0.3, -0.25) is 4.79 Å². The maximum Gasteiger partial charge on any atom is 0.303 e. The first-order valence-corrected chi connectivity index (χ1v) is 9.99. The van der Waals surface area contributed by atoms with E-state index in [0.717, 1.165) is 41.9 Å². The van der Waals surface area contributed by atoms with Crippen molar-refractivity contribution < 1.29 is 19.8 Å². The summed E-state index contributed by atoms with van der Waals surface area (Å²) in [5, 5.41) is 20.9. The van der Waals surface area contributed by atoms with Gasteiger partial charge in [-0.2, -0.15) is 0 Å². The number of hydrogen-bond acceptors (Lipinski definition) is 6. The van der Waals surface area contributed by atoms with Gasteiger partial charge in [-0.1, -0.05) is 16.8 Å². The van der Waals surface area contributed by atoms with Crippen molar-refractivity contribution in [2.24, 2.45) is 11.1 Å². The van der Waals surface area contributed by atoms with Crippen LogP contribution in [0.2, 0.25) is 4.34 Å². The van der Waals surface area contributed by atoms with Crippen LogP contribution in [0.3, 0.4) is 0 Å². The molecule has 2 aromatic heterocycles. The number of aryl methyl sites for hydroxylation is 1. The fraction of sp³-hybridized carbons (Fsp3) is 0.421. The van der Waals surface area contributed by atoms with Gasteiger partial charge in [0, 0.05) is 12.0 Å². The van der Waals surface area contributed by atoms with E-state index in [1.54, 1.807) is 6.07 Å². The van der Waals surface area contributed by atoms with Crippen molar-refractivity contribution in [1.82, 2.24) is 4.98 Å². The van der Waals surface area contributed by atoms with Gasteiger partial charge >= 0.3 is 5.97 Å². The van der Waals surface area contributed by atoms with E-state index in [1.807, 2.05) is 19.1 Å². The lowest BCUT2D eigenvalue weighted by molar-refractivity contribution is -0.138. The SMILES string of the molecule is Cc1nc(-c2sc(Cl)cc2/C=N/O)ccc1O[C@H]1CCC[C@H](CC(=O)O)C1. The van der Waals surface area contributed by atoms with E-state index in [0.29, 0.717) is 15.6 Å². The molecule has 2 heterocycles. The van der Waals surface area contributed by atoms with Crippen molar-refractivity contribution in [2.45, 2.75) is 45.1 Å². The number of carboxylic acids is 1. The average molecular weight is 409 g/mol. The molecule has 0 bridgehead atoms. The Balaban J connectivity index is 1.75. The smallest absolute Gasteiger partial charge is 0.303 e. The number of halogens is 1. The minimum atomic E-state index is -0.750. The van der Waals surface area contributed by atoms with E-state index < -0.39 is 5.97 Å². The van der Waals surface area contributed by atoms with E-state index in [-0.39, 0.29) is 18.4 Å². The zero-order valence-electron chi connectivity index (χ0n) is 14.9. The van der Waals surface area contributed by atoms with Crippen LogP contribution in [-0.4, -0.2) is 33.6 Å². The van der Waals surface area contributed by atoms with Crippen molar-refractivity contribution in [3.63, 3.8) is 0 Å². The largest absolute Gasteiger partial charge is 0.489 e. The molecule has 0 radical (unpaired) electrons. The van der Waals surface area contributed by atoms with Crippen molar-refractivity contribution in [1.29, 1.82) is 0 Å². The minimum Gasteiger partial charge on any atom is -0.489 e. The maximum absolute atomic E-state index is 11.0. The predicted molar refractivity (Wildman–Crippen MR) is 105 cm³/mol. The van der Waals surface area contributed by atoms with Crippen molar-refractivity contribution in [3.8, 4) is 16.3 Å². The van der Waals surface area contributed by atoms with Crippen LogP contribution in [0.15, 0.2) is 23.4 Å². The maximum atomic E-state index is 11.0. The first-order valence-electron chi connectivity index (χ1n) is 8.79. The predicted octanol–water partition coefficient (Wildman–Crippen LogP) is 4.99. The van der Waals surface area contributed by atoms with Crippen LogP contribution in [0.4, 0.5) is 0 Å². The number of rotatable bonds is 6. The van der Waals surface area contributed by atoms with Gasteiger partial charge in [0.25, 0.3) is 0 Å². The first-order chi connectivity index (χ1) is 13.0. The summed E-state index contributed by atoms with van der Waals surface area (Å²) in [6.45, 7) is 1.88. The van der Waals surface area contributed by atoms with Gasteiger partial charge in [-0.25, -0.2) is 4.98 Å². The number of aromatic nitrogens is 1. The second kappa shape index (κ2) is 8.71. The van der Waals surface area contributed by atoms with E-state index in [2.05, 4.69) is 10.1 Å². The number of oxime groups is 1. The number of ether oxygens (including phenoxy) is 1. The molecule has 1 fully saturated rings. The van der Waals surface area contributed by atoms with Crippen LogP contribution >= 0.6 is 22.9 Å². The summed E-state index contributed by atoms with van der Waals surface area (Å²) in [7, 11) is 0. The minimum absolute atomic E-state index is 0.0164. The third-order valence-electron chi connectivity index (χ3n) is 4.69. The molecule has 1 aliphatic carbocycles. The second-order valence-electron chi connectivity index (χ2n) is 6.73. The summed E-state index contributed by atoms with van der Waals surface area (Å²) < 4.78 is 6.72. The molecule has 0 saturated heterocycles. The Morgan fingerprint density at radius 2 is 2.30 bits per heavy atom. The summed E-state index contributed by atoms with van der Waals surface area (Å²) in [6, 6.07) is 5.47. The number of carbonyl (C=O) groups is 1. The fourth-order valence-electron chi connectivity index (χ4n) is 3.49. The summed E-state index contributed by atoms with van der Waals surface area (Å²) >= 11 is 7.45. The quantitative estimate of drug-likeness (QED) is 0.399. The number of hydrogen-bond donors (Lipinski definition) is 2. The molecule has 27 heavy (non-hydrogen) atoms. The molecule has 1 aliphatic rings. The van der Waals surface area contributed by atoms with Gasteiger partial charge in [0.05, 0.1) is 32.9 Å². The van der Waals surface area contributed by atoms with Crippen LogP contribution in [0.5, 0.6) is 5.75 Å². The van der Waals surface area contributed by atoms with E-state index in [1.165, 1.54) is 17.6 Å². The molecular weight excluding hydrogens is 388 g/mol. The number of carboxylic acid groups (broad SMARTS) is 1. The van der Waals surface area contributed by atoms with E-state index in [9.17, 15) is 4.79 Å². The molecule has 2 N–H and O–H groups in total. The Morgan fingerprint density at radius 3 is 3.00 bits per heavy atom. The highest BCUT2D eigenvalue weighted by Crippen LogP contribution is 2.36. The molecule has 2 aromatic rings. The standard InChI is InChI=1S/C19H21ClN2O4S/c1-11-16(26-14-4-2-3-12(7-14)8-18(23)24)6-5-15(22-11)19-13(10-21-25)9-17(20)27-19/h5-6,9-10,12,14,25H,2-4,7-8H2,1H3,(H,23,24)/b21-10+/t12-,14-/m0/s1. The van der Waals surface area contributed by atoms with Gasteiger partial charge < -0.3 is 15.1 Å². The molecule has 0 unspecified atom stereocenters. The molecule has 0 spiro atoms. The Labute approximate surface area is 166 Å². The summed E-state index contributed by atoms with van der Waals surface area (Å²) in [4.78, 5) is 16.4. The third kappa shape index (κ3) is 4.99. The van der Waals surface area contributed by atoms with Crippen LogP contribution in [-0.2, 0) is 4.79 Å². The van der Waals surface area contributed by atoms with E-state index in [4.69, 9.17) is 26.7 Å². The summed E-state index contributed by atoms with van der Waals surface area (Å²) in [6.07, 6.45) is 5.15. The monoisotopic (exact) mass is 408 g/mol. The molecule has 0 aliphatic heterocycles.